The van der Waals surface area contributed by atoms with Gasteiger partial charge in [-0.1, -0.05) is 24.3 Å². The monoisotopic (exact) mass is 418 g/mol. The van der Waals surface area contributed by atoms with Gasteiger partial charge >= 0.3 is 0 Å². The van der Waals surface area contributed by atoms with Crippen molar-refractivity contribution in [3.8, 4) is 16.3 Å². The Bertz CT molecular complexity index is 877. The summed E-state index contributed by atoms with van der Waals surface area (Å²) in [6.07, 6.45) is 1.81. The van der Waals surface area contributed by atoms with E-state index in [9.17, 15) is 4.79 Å². The Morgan fingerprint density at radius 2 is 1.93 bits per heavy atom. The average molecular weight is 419 g/mol. The molecule has 1 aliphatic rings. The highest BCUT2D eigenvalue weighted by molar-refractivity contribution is 7.13. The Hall–Kier alpha value is -2.19. The summed E-state index contributed by atoms with van der Waals surface area (Å²) in [7, 11) is 0. The fraction of sp³-hybridized carbons (Fsp3) is 0.300. The van der Waals surface area contributed by atoms with Gasteiger partial charge in [0.1, 0.15) is 5.69 Å². The zero-order chi connectivity index (χ0) is 18.5. The largest absolute Gasteiger partial charge is 0.379 e. The first kappa shape index (κ1) is 20.5. The molecule has 1 N–H and O–H groups in total. The van der Waals surface area contributed by atoms with E-state index in [1.54, 1.807) is 16.0 Å². The lowest BCUT2D eigenvalue weighted by Gasteiger charge is -2.26. The summed E-state index contributed by atoms with van der Waals surface area (Å²) >= 11 is 1.58. The van der Waals surface area contributed by atoms with Crippen molar-refractivity contribution in [1.29, 1.82) is 0 Å². The van der Waals surface area contributed by atoms with Crippen molar-refractivity contribution in [2.75, 3.05) is 39.4 Å². The maximum Gasteiger partial charge on any atom is 0.255 e. The highest BCUT2D eigenvalue weighted by atomic mass is 35.5. The lowest BCUT2D eigenvalue weighted by Crippen LogP contribution is -2.41. The first-order valence-corrected chi connectivity index (χ1v) is 9.96. The van der Waals surface area contributed by atoms with Crippen molar-refractivity contribution >= 4 is 29.7 Å². The minimum Gasteiger partial charge on any atom is -0.379 e. The van der Waals surface area contributed by atoms with E-state index < -0.39 is 0 Å². The number of hydrogen-bond donors (Lipinski definition) is 1. The van der Waals surface area contributed by atoms with Crippen LogP contribution >= 0.6 is 23.7 Å². The number of nitrogens with zero attached hydrogens (tertiary/aromatic N) is 3. The number of nitrogens with one attached hydrogen (secondary N) is 1. The fourth-order valence-electron chi connectivity index (χ4n) is 3.10. The maximum absolute atomic E-state index is 12.8. The molecule has 4 rings (SSSR count). The van der Waals surface area contributed by atoms with E-state index in [0.717, 1.165) is 49.1 Å². The van der Waals surface area contributed by atoms with Gasteiger partial charge < -0.3 is 10.1 Å². The Morgan fingerprint density at radius 1 is 1.14 bits per heavy atom. The average Bonchev–Trinajstić information content (AvgIpc) is 3.39. The van der Waals surface area contributed by atoms with Crippen molar-refractivity contribution in [2.45, 2.75) is 0 Å². The molecule has 1 aromatic carbocycles. The minimum atomic E-state index is -0.0890. The zero-order valence-electron chi connectivity index (χ0n) is 15.4. The number of morpholine rings is 1. The Morgan fingerprint density at radius 3 is 2.64 bits per heavy atom. The molecule has 0 bridgehead atoms. The van der Waals surface area contributed by atoms with Crippen molar-refractivity contribution in [3.63, 3.8) is 0 Å². The number of benzene rings is 1. The van der Waals surface area contributed by atoms with Gasteiger partial charge in [-0.3, -0.25) is 9.69 Å². The molecule has 1 saturated heterocycles. The topological polar surface area (TPSA) is 59.4 Å². The van der Waals surface area contributed by atoms with E-state index in [4.69, 9.17) is 4.74 Å². The van der Waals surface area contributed by atoms with Crippen LogP contribution in [0.25, 0.3) is 16.3 Å². The number of amides is 1. The Labute approximate surface area is 174 Å². The van der Waals surface area contributed by atoms with Gasteiger partial charge in [-0.05, 0) is 23.6 Å². The third-order valence-corrected chi connectivity index (χ3v) is 5.43. The van der Waals surface area contributed by atoms with Crippen LogP contribution in [0, 0.1) is 0 Å². The van der Waals surface area contributed by atoms with E-state index in [1.165, 1.54) is 0 Å². The summed E-state index contributed by atoms with van der Waals surface area (Å²) in [5.41, 5.74) is 2.25. The number of hydrogen-bond acceptors (Lipinski definition) is 5. The summed E-state index contributed by atoms with van der Waals surface area (Å²) in [4.78, 5) is 16.1. The second-order valence-corrected chi connectivity index (χ2v) is 7.31. The zero-order valence-corrected chi connectivity index (χ0v) is 17.0. The molecule has 28 heavy (non-hydrogen) atoms. The molecule has 1 amide bonds. The predicted octanol–water partition coefficient (Wildman–Crippen LogP) is 3.08. The summed E-state index contributed by atoms with van der Waals surface area (Å²) in [5, 5.41) is 9.72. The second-order valence-electron chi connectivity index (χ2n) is 6.36. The molecule has 0 spiro atoms. The van der Waals surface area contributed by atoms with E-state index in [-0.39, 0.29) is 18.3 Å². The van der Waals surface area contributed by atoms with Crippen molar-refractivity contribution in [2.24, 2.45) is 0 Å². The molecule has 0 saturated carbocycles. The van der Waals surface area contributed by atoms with Crippen LogP contribution in [-0.2, 0) is 4.74 Å². The van der Waals surface area contributed by atoms with Gasteiger partial charge in [-0.15, -0.1) is 23.7 Å². The van der Waals surface area contributed by atoms with E-state index in [0.29, 0.717) is 12.1 Å². The van der Waals surface area contributed by atoms with Gasteiger partial charge in [0.25, 0.3) is 5.91 Å². The second kappa shape index (κ2) is 9.84. The van der Waals surface area contributed by atoms with Crippen LogP contribution in [0.3, 0.4) is 0 Å². The molecule has 6 nitrogen and oxygen atoms in total. The SMILES string of the molecule is Cl.O=C(NCCN1CCOCC1)c1cn(-c2ccccc2)nc1-c1cccs1. The van der Waals surface area contributed by atoms with Crippen LogP contribution < -0.4 is 5.32 Å². The standard InChI is InChI=1S/C20H22N4O2S.ClH/c25-20(21-8-9-23-10-12-26-13-11-23)17-15-24(16-5-2-1-3-6-16)22-19(17)18-7-4-14-27-18;/h1-7,14-15H,8-13H2,(H,21,25);1H. The molecule has 3 heterocycles. The predicted molar refractivity (Wildman–Crippen MR) is 114 cm³/mol. The number of thiophene rings is 1. The number of aromatic nitrogens is 2. The maximum atomic E-state index is 12.8. The van der Waals surface area contributed by atoms with Gasteiger partial charge in [0.15, 0.2) is 0 Å². The van der Waals surface area contributed by atoms with Gasteiger partial charge in [0, 0.05) is 32.4 Å². The van der Waals surface area contributed by atoms with E-state index in [1.807, 2.05) is 54.0 Å². The number of carbonyl (C=O) groups excluding carboxylic acids is 1. The fourth-order valence-corrected chi connectivity index (χ4v) is 3.82. The van der Waals surface area contributed by atoms with Gasteiger partial charge in [-0.2, -0.15) is 5.10 Å². The molecule has 0 radical (unpaired) electrons. The molecular weight excluding hydrogens is 396 g/mol. The van der Waals surface area contributed by atoms with Crippen LogP contribution in [0.1, 0.15) is 10.4 Å². The van der Waals surface area contributed by atoms with E-state index >= 15 is 0 Å². The van der Waals surface area contributed by atoms with Gasteiger partial charge in [0.05, 0.1) is 29.3 Å². The third-order valence-electron chi connectivity index (χ3n) is 4.55. The molecule has 0 aliphatic carbocycles. The van der Waals surface area contributed by atoms with Crippen LogP contribution in [0.2, 0.25) is 0 Å². The number of carbonyl (C=O) groups is 1. The number of ether oxygens (including phenoxy) is 1. The normalized spacial score (nSPS) is 14.4. The first-order chi connectivity index (χ1) is 13.3. The van der Waals surface area contributed by atoms with Crippen LogP contribution in [0.15, 0.2) is 54.0 Å². The Balaban J connectivity index is 0.00000225. The lowest BCUT2D eigenvalue weighted by molar-refractivity contribution is 0.0383. The molecule has 1 fully saturated rings. The summed E-state index contributed by atoms with van der Waals surface area (Å²) in [6.45, 7) is 4.81. The van der Waals surface area contributed by atoms with Crippen molar-refractivity contribution < 1.29 is 9.53 Å². The number of halogens is 1. The summed E-state index contributed by atoms with van der Waals surface area (Å²) < 4.78 is 7.13. The first-order valence-electron chi connectivity index (χ1n) is 9.08. The summed E-state index contributed by atoms with van der Waals surface area (Å²) in [5.74, 6) is -0.0890. The highest BCUT2D eigenvalue weighted by Gasteiger charge is 2.19. The van der Waals surface area contributed by atoms with E-state index in [2.05, 4.69) is 15.3 Å². The molecule has 1 aliphatic heterocycles. The highest BCUT2D eigenvalue weighted by Crippen LogP contribution is 2.27. The molecule has 148 valence electrons. The van der Waals surface area contributed by atoms with Gasteiger partial charge in [0.2, 0.25) is 0 Å². The molecule has 8 heteroatoms. The molecule has 2 aromatic heterocycles. The molecule has 0 atom stereocenters. The lowest BCUT2D eigenvalue weighted by atomic mass is 10.2. The smallest absolute Gasteiger partial charge is 0.255 e. The van der Waals surface area contributed by atoms with Crippen LogP contribution in [0.5, 0.6) is 0 Å². The Kier molecular flexibility index (Phi) is 7.22. The quantitative estimate of drug-likeness (QED) is 0.668. The minimum absolute atomic E-state index is 0. The molecule has 3 aromatic rings. The molecular formula is C20H23ClN4O2S. The van der Waals surface area contributed by atoms with Crippen molar-refractivity contribution in [1.82, 2.24) is 20.0 Å². The number of para-hydroxylation sites is 1. The van der Waals surface area contributed by atoms with Crippen LogP contribution in [-0.4, -0.2) is 60.0 Å². The third kappa shape index (κ3) is 4.80. The molecule has 0 unspecified atom stereocenters. The van der Waals surface area contributed by atoms with Gasteiger partial charge in [-0.25, -0.2) is 4.68 Å². The van der Waals surface area contributed by atoms with Crippen LogP contribution in [0.4, 0.5) is 0 Å². The number of rotatable bonds is 6. The van der Waals surface area contributed by atoms with Crippen molar-refractivity contribution in [3.05, 3.63) is 59.6 Å². The summed E-state index contributed by atoms with van der Waals surface area (Å²) in [6, 6.07) is 13.8.